The number of aromatic nitrogens is 1. The Morgan fingerprint density at radius 2 is 1.97 bits per heavy atom. The summed E-state index contributed by atoms with van der Waals surface area (Å²) in [5.74, 6) is -2.93. The second-order valence-corrected chi connectivity index (χ2v) is 9.61. The third-order valence-electron chi connectivity index (χ3n) is 5.50. The quantitative estimate of drug-likeness (QED) is 0.249. The van der Waals surface area contributed by atoms with Crippen LogP contribution in [-0.4, -0.2) is 43.9 Å². The van der Waals surface area contributed by atoms with Crippen molar-refractivity contribution in [3.05, 3.63) is 74.8 Å². The number of benzene rings is 2. The van der Waals surface area contributed by atoms with Gasteiger partial charge in [-0.1, -0.05) is 33.9 Å². The van der Waals surface area contributed by atoms with Crippen LogP contribution in [0.25, 0.3) is 10.9 Å². The molecule has 0 aliphatic heterocycles. The standard InChI is InChI=1S/C23H22ClFN4O5S/c1-12-2-6-14(7-3-12)35-29(34)27-19(23(32)33)10-26-22(31)16-11-28(13-4-5-13)20-9-17(24)18(25)8-15(20)21(16)30/h2-3,6-9,11,13,19,27,34H,4-5,10H2,1H3,(H,26,31)(H,32,33). The Bertz CT molecular complexity index is 1350. The highest BCUT2D eigenvalue weighted by molar-refractivity contribution is 7.96. The van der Waals surface area contributed by atoms with Gasteiger partial charge in [-0.25, -0.2) is 9.82 Å². The number of aliphatic carboxylic acids is 1. The molecule has 1 aromatic heterocycles. The van der Waals surface area contributed by atoms with Gasteiger partial charge >= 0.3 is 5.97 Å². The molecule has 35 heavy (non-hydrogen) atoms. The number of hydrogen-bond acceptors (Lipinski definition) is 7. The van der Waals surface area contributed by atoms with Gasteiger partial charge in [-0.3, -0.25) is 19.6 Å². The second-order valence-electron chi connectivity index (χ2n) is 8.20. The van der Waals surface area contributed by atoms with Crippen LogP contribution in [0.1, 0.15) is 34.8 Å². The molecule has 0 bridgehead atoms. The molecule has 0 radical (unpaired) electrons. The molecule has 1 aliphatic carbocycles. The van der Waals surface area contributed by atoms with Gasteiger partial charge in [0.25, 0.3) is 5.91 Å². The van der Waals surface area contributed by atoms with Crippen molar-refractivity contribution in [2.24, 2.45) is 0 Å². The highest BCUT2D eigenvalue weighted by Crippen LogP contribution is 2.37. The maximum absolute atomic E-state index is 14.1. The molecular formula is C23H22ClFN4O5S. The number of hydrogen-bond donors (Lipinski definition) is 4. The van der Waals surface area contributed by atoms with Crippen LogP contribution in [0.2, 0.25) is 5.02 Å². The van der Waals surface area contributed by atoms with Crippen LogP contribution in [-0.2, 0) is 4.79 Å². The van der Waals surface area contributed by atoms with Gasteiger partial charge in [0.1, 0.15) is 17.4 Å². The molecule has 0 saturated heterocycles. The van der Waals surface area contributed by atoms with Crippen LogP contribution < -0.4 is 16.2 Å². The number of amides is 1. The Balaban J connectivity index is 1.50. The minimum Gasteiger partial charge on any atom is -0.480 e. The van der Waals surface area contributed by atoms with E-state index in [-0.39, 0.29) is 22.0 Å². The first-order valence-corrected chi connectivity index (χ1v) is 11.8. The number of pyridine rings is 1. The predicted molar refractivity (Wildman–Crippen MR) is 129 cm³/mol. The van der Waals surface area contributed by atoms with E-state index in [1.54, 1.807) is 16.7 Å². The first-order valence-electron chi connectivity index (χ1n) is 10.7. The van der Waals surface area contributed by atoms with Crippen LogP contribution in [0.15, 0.2) is 52.3 Å². The molecule has 184 valence electrons. The molecule has 12 heteroatoms. The zero-order valence-electron chi connectivity index (χ0n) is 18.5. The van der Waals surface area contributed by atoms with E-state index in [0.29, 0.717) is 15.0 Å². The average Bonchev–Trinajstić information content (AvgIpc) is 3.65. The Morgan fingerprint density at radius 3 is 2.60 bits per heavy atom. The van der Waals surface area contributed by atoms with Crippen molar-refractivity contribution in [3.8, 4) is 0 Å². The molecule has 1 saturated carbocycles. The number of hydrazine groups is 1. The molecule has 4 N–H and O–H groups in total. The largest absolute Gasteiger partial charge is 0.480 e. The summed E-state index contributed by atoms with van der Waals surface area (Å²) in [5, 5.41) is 21.9. The molecule has 2 aromatic carbocycles. The number of carboxylic acids is 1. The lowest BCUT2D eigenvalue weighted by Gasteiger charge is -2.21. The highest BCUT2D eigenvalue weighted by Gasteiger charge is 2.28. The molecular weight excluding hydrogens is 499 g/mol. The van der Waals surface area contributed by atoms with Crippen LogP contribution in [0.5, 0.6) is 0 Å². The van der Waals surface area contributed by atoms with Crippen molar-refractivity contribution < 1.29 is 24.3 Å². The lowest BCUT2D eigenvalue weighted by molar-refractivity contribution is -0.144. The number of rotatable bonds is 9. The number of carboxylic acid groups (broad SMARTS) is 1. The van der Waals surface area contributed by atoms with Gasteiger partial charge in [-0.2, -0.15) is 0 Å². The fraction of sp³-hybridized carbons (Fsp3) is 0.261. The van der Waals surface area contributed by atoms with Crippen molar-refractivity contribution in [1.82, 2.24) is 19.9 Å². The number of carbonyl (C=O) groups excluding carboxylic acids is 1. The van der Waals surface area contributed by atoms with E-state index < -0.39 is 35.7 Å². The Morgan fingerprint density at radius 1 is 1.29 bits per heavy atom. The van der Waals surface area contributed by atoms with Gasteiger partial charge in [0, 0.05) is 41.0 Å². The van der Waals surface area contributed by atoms with Gasteiger partial charge in [-0.05, 0) is 44.0 Å². The summed E-state index contributed by atoms with van der Waals surface area (Å²) in [6.45, 7) is 1.47. The summed E-state index contributed by atoms with van der Waals surface area (Å²) in [6.07, 6.45) is 3.06. The van der Waals surface area contributed by atoms with E-state index in [0.717, 1.165) is 36.4 Å². The number of halogens is 2. The molecule has 1 unspecified atom stereocenters. The summed E-state index contributed by atoms with van der Waals surface area (Å²) < 4.78 is 16.3. The highest BCUT2D eigenvalue weighted by atomic mass is 35.5. The maximum atomic E-state index is 14.1. The van der Waals surface area contributed by atoms with E-state index in [1.807, 2.05) is 19.1 Å². The molecule has 1 fully saturated rings. The van der Waals surface area contributed by atoms with E-state index in [9.17, 15) is 29.1 Å². The van der Waals surface area contributed by atoms with Crippen molar-refractivity contribution in [1.29, 1.82) is 0 Å². The van der Waals surface area contributed by atoms with Crippen LogP contribution >= 0.6 is 23.5 Å². The maximum Gasteiger partial charge on any atom is 0.324 e. The molecule has 0 spiro atoms. The van der Waals surface area contributed by atoms with Crippen LogP contribution in [0.4, 0.5) is 4.39 Å². The summed E-state index contributed by atoms with van der Waals surface area (Å²) >= 11 is 6.74. The fourth-order valence-corrected chi connectivity index (χ4v) is 4.29. The molecule has 9 nitrogen and oxygen atoms in total. The van der Waals surface area contributed by atoms with Crippen molar-refractivity contribution in [3.63, 3.8) is 0 Å². The van der Waals surface area contributed by atoms with Gasteiger partial charge in [0.05, 0.1) is 10.5 Å². The first kappa shape index (κ1) is 25.1. The summed E-state index contributed by atoms with van der Waals surface area (Å²) in [4.78, 5) is 38.1. The molecule has 3 aromatic rings. The molecule has 1 amide bonds. The minimum absolute atomic E-state index is 0.00962. The van der Waals surface area contributed by atoms with Crippen LogP contribution in [0.3, 0.4) is 0 Å². The lowest BCUT2D eigenvalue weighted by atomic mass is 10.1. The first-order chi connectivity index (χ1) is 16.6. The molecule has 1 aliphatic rings. The van der Waals surface area contributed by atoms with E-state index in [4.69, 9.17) is 11.6 Å². The zero-order chi connectivity index (χ0) is 25.3. The average molecular weight is 521 g/mol. The number of fused-ring (bicyclic) bond motifs is 1. The van der Waals surface area contributed by atoms with Crippen LogP contribution in [0, 0.1) is 12.7 Å². The summed E-state index contributed by atoms with van der Waals surface area (Å²) in [6, 6.07) is 8.20. The van der Waals surface area contributed by atoms with Crippen molar-refractivity contribution in [2.45, 2.75) is 36.7 Å². The minimum atomic E-state index is -1.40. The Labute approximate surface area is 208 Å². The van der Waals surface area contributed by atoms with Gasteiger partial charge < -0.3 is 15.0 Å². The van der Waals surface area contributed by atoms with E-state index >= 15 is 0 Å². The monoisotopic (exact) mass is 520 g/mol. The molecule has 1 heterocycles. The number of carbonyl (C=O) groups is 2. The summed E-state index contributed by atoms with van der Waals surface area (Å²) in [5.41, 5.74) is 2.89. The lowest BCUT2D eigenvalue weighted by Crippen LogP contribution is -2.50. The van der Waals surface area contributed by atoms with Gasteiger partial charge in [-0.15, -0.1) is 0 Å². The van der Waals surface area contributed by atoms with E-state index in [2.05, 4.69) is 10.7 Å². The second kappa shape index (κ2) is 10.3. The smallest absolute Gasteiger partial charge is 0.324 e. The third-order valence-corrected chi connectivity index (χ3v) is 6.55. The van der Waals surface area contributed by atoms with Gasteiger partial charge in [0.15, 0.2) is 0 Å². The normalized spacial score (nSPS) is 14.3. The summed E-state index contributed by atoms with van der Waals surface area (Å²) in [7, 11) is 0. The third kappa shape index (κ3) is 5.82. The van der Waals surface area contributed by atoms with Crippen molar-refractivity contribution in [2.75, 3.05) is 6.54 Å². The number of aryl methyl sites for hydroxylation is 1. The molecule has 4 rings (SSSR count). The van der Waals surface area contributed by atoms with E-state index in [1.165, 1.54) is 12.3 Å². The molecule has 1 atom stereocenters. The SMILES string of the molecule is Cc1ccc(SN(O)NC(CNC(=O)c2cn(C3CC3)c3cc(Cl)c(F)cc3c2=O)C(=O)O)cc1. The predicted octanol–water partition coefficient (Wildman–Crippen LogP) is 3.52. The number of nitrogens with one attached hydrogen (secondary N) is 2. The van der Waals surface area contributed by atoms with Gasteiger partial charge in [0.2, 0.25) is 5.43 Å². The Kier molecular flexibility index (Phi) is 7.43. The topological polar surface area (TPSA) is 124 Å². The number of nitrogens with zero attached hydrogens (tertiary/aromatic N) is 2. The fourth-order valence-electron chi connectivity index (χ4n) is 3.50. The zero-order valence-corrected chi connectivity index (χ0v) is 20.1. The van der Waals surface area contributed by atoms with Crippen molar-refractivity contribution >= 4 is 46.3 Å². The Hall–Kier alpha value is -2.96.